The lowest BCUT2D eigenvalue weighted by Gasteiger charge is -2.35. The first-order valence-electron chi connectivity index (χ1n) is 8.22. The Morgan fingerprint density at radius 1 is 1.29 bits per heavy atom. The Labute approximate surface area is 141 Å². The van der Waals surface area contributed by atoms with E-state index < -0.39 is 5.97 Å². The van der Waals surface area contributed by atoms with E-state index in [4.69, 9.17) is 9.84 Å². The van der Waals surface area contributed by atoms with Crippen molar-refractivity contribution in [3.8, 4) is 5.75 Å². The van der Waals surface area contributed by atoms with Gasteiger partial charge in [-0.05, 0) is 44.7 Å². The van der Waals surface area contributed by atoms with Crippen LogP contribution in [0.1, 0.15) is 49.4 Å². The molecule has 2 rings (SSSR count). The Kier molecular flexibility index (Phi) is 6.35. The predicted molar refractivity (Wildman–Crippen MR) is 88.2 cm³/mol. The molecule has 1 aliphatic rings. The summed E-state index contributed by atoms with van der Waals surface area (Å²) in [6, 6.07) is 6.71. The molecule has 6 nitrogen and oxygen atoms in total. The molecule has 1 saturated heterocycles. The minimum Gasteiger partial charge on any atom is -0.484 e. The van der Waals surface area contributed by atoms with Crippen LogP contribution in [0.25, 0.3) is 0 Å². The Morgan fingerprint density at radius 3 is 2.79 bits per heavy atom. The van der Waals surface area contributed by atoms with Crippen molar-refractivity contribution in [2.75, 3.05) is 13.2 Å². The third-order valence-corrected chi connectivity index (χ3v) is 4.24. The maximum absolute atomic E-state index is 12.4. The van der Waals surface area contributed by atoms with E-state index >= 15 is 0 Å². The lowest BCUT2D eigenvalue weighted by molar-refractivity contribution is -0.141. The second-order valence-electron chi connectivity index (χ2n) is 6.04. The molecular weight excluding hydrogens is 310 g/mol. The first-order chi connectivity index (χ1) is 11.5. The molecule has 0 spiro atoms. The molecule has 1 N–H and O–H groups in total. The number of carboxylic acid groups (broad SMARTS) is 1. The van der Waals surface area contributed by atoms with Gasteiger partial charge in [0.2, 0.25) is 0 Å². The number of amides is 1. The van der Waals surface area contributed by atoms with E-state index in [1.807, 2.05) is 0 Å². The second kappa shape index (κ2) is 8.47. The van der Waals surface area contributed by atoms with Crippen LogP contribution in [0.15, 0.2) is 24.3 Å². The van der Waals surface area contributed by atoms with Crippen LogP contribution in [0.5, 0.6) is 5.75 Å². The summed E-state index contributed by atoms with van der Waals surface area (Å²) in [6.07, 6.45) is 3.31. The van der Waals surface area contributed by atoms with Gasteiger partial charge in [0.05, 0.1) is 0 Å². The maximum atomic E-state index is 12.4. The number of carbonyl (C=O) groups is 3. The fraction of sp³-hybridized carbons (Fsp3) is 0.500. The number of benzene rings is 1. The van der Waals surface area contributed by atoms with Crippen LogP contribution in [-0.2, 0) is 9.59 Å². The topological polar surface area (TPSA) is 83.9 Å². The molecule has 24 heavy (non-hydrogen) atoms. The van der Waals surface area contributed by atoms with Gasteiger partial charge in [0.15, 0.2) is 12.4 Å². The molecule has 1 atom stereocenters. The minimum absolute atomic E-state index is 0.0329. The molecule has 6 heteroatoms. The van der Waals surface area contributed by atoms with Crippen LogP contribution in [-0.4, -0.2) is 46.9 Å². The SMILES string of the molecule is CC(=O)c1cccc(OCC(=O)N2CCCCC2CCC(=O)O)c1. The fourth-order valence-corrected chi connectivity index (χ4v) is 2.95. The number of ether oxygens (including phenoxy) is 1. The summed E-state index contributed by atoms with van der Waals surface area (Å²) in [7, 11) is 0. The number of piperidine rings is 1. The molecule has 130 valence electrons. The summed E-state index contributed by atoms with van der Waals surface area (Å²) in [4.78, 5) is 36.3. The number of ketones is 1. The number of nitrogens with zero attached hydrogens (tertiary/aromatic N) is 1. The summed E-state index contributed by atoms with van der Waals surface area (Å²) in [5, 5.41) is 8.84. The Hall–Kier alpha value is -2.37. The van der Waals surface area contributed by atoms with Gasteiger partial charge in [0, 0.05) is 24.6 Å². The average molecular weight is 333 g/mol. The molecule has 0 aromatic heterocycles. The Bertz CT molecular complexity index is 613. The van der Waals surface area contributed by atoms with Crippen molar-refractivity contribution >= 4 is 17.7 Å². The Balaban J connectivity index is 1.93. The highest BCUT2D eigenvalue weighted by molar-refractivity contribution is 5.94. The van der Waals surface area contributed by atoms with Crippen LogP contribution in [0.2, 0.25) is 0 Å². The maximum Gasteiger partial charge on any atom is 0.303 e. The molecule has 1 unspecified atom stereocenters. The van der Waals surface area contributed by atoms with Crippen LogP contribution in [0.3, 0.4) is 0 Å². The number of hydrogen-bond acceptors (Lipinski definition) is 4. The van der Waals surface area contributed by atoms with Gasteiger partial charge >= 0.3 is 5.97 Å². The number of aliphatic carboxylic acids is 1. The van der Waals surface area contributed by atoms with Crippen LogP contribution < -0.4 is 4.74 Å². The number of rotatable bonds is 7. The minimum atomic E-state index is -0.842. The monoisotopic (exact) mass is 333 g/mol. The molecule has 1 aromatic carbocycles. The van der Waals surface area contributed by atoms with E-state index in [2.05, 4.69) is 0 Å². The molecule has 1 fully saturated rings. The van der Waals surface area contributed by atoms with Gasteiger partial charge in [-0.1, -0.05) is 12.1 Å². The number of carbonyl (C=O) groups excluding carboxylic acids is 2. The zero-order valence-electron chi connectivity index (χ0n) is 13.9. The van der Waals surface area contributed by atoms with Gasteiger partial charge in [-0.3, -0.25) is 14.4 Å². The van der Waals surface area contributed by atoms with Crippen LogP contribution >= 0.6 is 0 Å². The number of likely N-dealkylation sites (tertiary alicyclic amines) is 1. The number of hydrogen-bond donors (Lipinski definition) is 1. The van der Waals surface area contributed by atoms with Gasteiger partial charge in [-0.25, -0.2) is 0 Å². The van der Waals surface area contributed by atoms with Crippen molar-refractivity contribution in [2.24, 2.45) is 0 Å². The van der Waals surface area contributed by atoms with Gasteiger partial charge in [-0.2, -0.15) is 0 Å². The molecule has 1 aliphatic heterocycles. The summed E-state index contributed by atoms with van der Waals surface area (Å²) in [5.41, 5.74) is 0.539. The van der Waals surface area contributed by atoms with Crippen LogP contribution in [0, 0.1) is 0 Å². The lowest BCUT2D eigenvalue weighted by Crippen LogP contribution is -2.46. The summed E-state index contributed by atoms with van der Waals surface area (Å²) >= 11 is 0. The fourth-order valence-electron chi connectivity index (χ4n) is 2.95. The zero-order valence-corrected chi connectivity index (χ0v) is 13.9. The second-order valence-corrected chi connectivity index (χ2v) is 6.04. The molecule has 0 saturated carbocycles. The first-order valence-corrected chi connectivity index (χ1v) is 8.22. The number of carboxylic acids is 1. The van der Waals surface area contributed by atoms with Crippen molar-refractivity contribution in [1.29, 1.82) is 0 Å². The highest BCUT2D eigenvalue weighted by Crippen LogP contribution is 2.21. The highest BCUT2D eigenvalue weighted by atomic mass is 16.5. The van der Waals surface area contributed by atoms with E-state index in [1.165, 1.54) is 6.92 Å². The third kappa shape index (κ3) is 5.08. The molecule has 0 aliphatic carbocycles. The van der Waals surface area contributed by atoms with Gasteiger partial charge < -0.3 is 14.7 Å². The van der Waals surface area contributed by atoms with Crippen molar-refractivity contribution in [2.45, 2.75) is 45.1 Å². The van der Waals surface area contributed by atoms with Gasteiger partial charge in [0.1, 0.15) is 5.75 Å². The van der Waals surface area contributed by atoms with E-state index in [1.54, 1.807) is 29.2 Å². The van der Waals surface area contributed by atoms with E-state index in [0.717, 1.165) is 19.3 Å². The first kappa shape index (κ1) is 18.0. The van der Waals surface area contributed by atoms with E-state index in [-0.39, 0.29) is 30.8 Å². The third-order valence-electron chi connectivity index (χ3n) is 4.24. The van der Waals surface area contributed by atoms with Crippen molar-refractivity contribution in [3.63, 3.8) is 0 Å². The van der Waals surface area contributed by atoms with Crippen molar-refractivity contribution in [1.82, 2.24) is 4.90 Å². The molecule has 1 aromatic rings. The summed E-state index contributed by atoms with van der Waals surface area (Å²) in [6.45, 7) is 2.01. The summed E-state index contributed by atoms with van der Waals surface area (Å²) < 4.78 is 5.53. The predicted octanol–water partition coefficient (Wildman–Crippen LogP) is 2.51. The van der Waals surface area contributed by atoms with E-state index in [0.29, 0.717) is 24.3 Å². The largest absolute Gasteiger partial charge is 0.484 e. The van der Waals surface area contributed by atoms with E-state index in [9.17, 15) is 14.4 Å². The van der Waals surface area contributed by atoms with Gasteiger partial charge in [0.25, 0.3) is 5.91 Å². The van der Waals surface area contributed by atoms with Gasteiger partial charge in [-0.15, -0.1) is 0 Å². The molecular formula is C18H23NO5. The molecule has 1 heterocycles. The smallest absolute Gasteiger partial charge is 0.303 e. The van der Waals surface area contributed by atoms with Crippen molar-refractivity contribution in [3.05, 3.63) is 29.8 Å². The highest BCUT2D eigenvalue weighted by Gasteiger charge is 2.27. The van der Waals surface area contributed by atoms with Crippen LogP contribution in [0.4, 0.5) is 0 Å². The average Bonchev–Trinajstić information content (AvgIpc) is 2.58. The standard InChI is InChI=1S/C18H23NO5/c1-13(20)14-5-4-7-16(11-14)24-12-17(21)19-10-3-2-6-15(19)8-9-18(22)23/h4-5,7,11,15H,2-3,6,8-10,12H2,1H3,(H,22,23). The van der Waals surface area contributed by atoms with Crippen molar-refractivity contribution < 1.29 is 24.2 Å². The normalized spacial score (nSPS) is 17.4. The lowest BCUT2D eigenvalue weighted by atomic mass is 9.98. The zero-order chi connectivity index (χ0) is 17.5. The molecule has 0 bridgehead atoms. The molecule has 0 radical (unpaired) electrons. The number of Topliss-reactive ketones (excluding diaryl/α,β-unsaturated/α-hetero) is 1. The molecule has 1 amide bonds. The quantitative estimate of drug-likeness (QED) is 0.775. The summed E-state index contributed by atoms with van der Waals surface area (Å²) in [5.74, 6) is -0.560. The Morgan fingerprint density at radius 2 is 2.08 bits per heavy atom.